The molecule has 2 aromatic carbocycles. The molecule has 0 aliphatic rings. The van der Waals surface area contributed by atoms with E-state index >= 15 is 0 Å². The minimum absolute atomic E-state index is 0.181. The second-order valence-corrected chi connectivity index (χ2v) is 4.96. The number of benzene rings is 2. The van der Waals surface area contributed by atoms with Crippen LogP contribution >= 0.6 is 0 Å². The summed E-state index contributed by atoms with van der Waals surface area (Å²) < 4.78 is 18.5. The van der Waals surface area contributed by atoms with E-state index in [4.69, 9.17) is 4.74 Å². The van der Waals surface area contributed by atoms with E-state index in [1.54, 1.807) is 0 Å². The van der Waals surface area contributed by atoms with E-state index in [0.717, 1.165) is 17.7 Å². The third-order valence-electron chi connectivity index (χ3n) is 3.11. The van der Waals surface area contributed by atoms with Gasteiger partial charge in [0.1, 0.15) is 6.61 Å². The summed E-state index contributed by atoms with van der Waals surface area (Å²) in [7, 11) is 0. The summed E-state index contributed by atoms with van der Waals surface area (Å²) in [6.07, 6.45) is -0.217. The zero-order valence-electron chi connectivity index (χ0n) is 13.2. The van der Waals surface area contributed by atoms with E-state index in [1.807, 2.05) is 30.3 Å². The molecule has 7 heteroatoms. The third-order valence-corrected chi connectivity index (χ3v) is 3.11. The molecule has 0 saturated heterocycles. The van der Waals surface area contributed by atoms with Gasteiger partial charge in [0.2, 0.25) is 5.82 Å². The molecule has 0 aliphatic carbocycles. The Morgan fingerprint density at radius 2 is 2.00 bits per heavy atom. The quantitative estimate of drug-likeness (QED) is 0.391. The van der Waals surface area contributed by atoms with Crippen molar-refractivity contribution in [1.29, 1.82) is 0 Å². The molecule has 0 aromatic heterocycles. The van der Waals surface area contributed by atoms with Crippen molar-refractivity contribution in [1.82, 2.24) is 5.32 Å². The fourth-order valence-corrected chi connectivity index (χ4v) is 1.90. The van der Waals surface area contributed by atoms with Crippen LogP contribution in [0.2, 0.25) is 0 Å². The maximum absolute atomic E-state index is 13.4. The Morgan fingerprint density at radius 3 is 2.68 bits per heavy atom. The van der Waals surface area contributed by atoms with Gasteiger partial charge in [-0.3, -0.25) is 10.1 Å². The number of nitro groups is 1. The molecule has 0 radical (unpaired) electrons. The lowest BCUT2D eigenvalue weighted by Gasteiger charge is -2.05. The number of nitro benzene ring substituents is 1. The molecule has 0 aliphatic heterocycles. The number of halogens is 1. The Kier molecular flexibility index (Phi) is 6.48. The SMILES string of the molecule is O=C(NCCC#Cc1ccc([N+](=O)[O-])c(F)c1)OCc1ccccc1. The summed E-state index contributed by atoms with van der Waals surface area (Å²) >= 11 is 0. The Labute approximate surface area is 143 Å². The van der Waals surface area contributed by atoms with Gasteiger partial charge in [0.05, 0.1) is 4.92 Å². The monoisotopic (exact) mass is 342 g/mol. The van der Waals surface area contributed by atoms with Gasteiger partial charge in [-0.1, -0.05) is 42.2 Å². The van der Waals surface area contributed by atoms with Crippen LogP contribution in [0.15, 0.2) is 48.5 Å². The van der Waals surface area contributed by atoms with Gasteiger partial charge in [-0.2, -0.15) is 4.39 Å². The Morgan fingerprint density at radius 1 is 1.24 bits per heavy atom. The number of rotatable bonds is 5. The smallest absolute Gasteiger partial charge is 0.407 e. The molecular weight excluding hydrogens is 327 g/mol. The molecule has 0 heterocycles. The van der Waals surface area contributed by atoms with E-state index in [1.165, 1.54) is 6.07 Å². The highest BCUT2D eigenvalue weighted by Gasteiger charge is 2.12. The van der Waals surface area contributed by atoms with Crippen LogP contribution in [0.1, 0.15) is 17.5 Å². The van der Waals surface area contributed by atoms with E-state index < -0.39 is 22.5 Å². The molecule has 2 aromatic rings. The molecule has 0 saturated carbocycles. The van der Waals surface area contributed by atoms with Crippen molar-refractivity contribution in [2.45, 2.75) is 13.0 Å². The summed E-state index contributed by atoms with van der Waals surface area (Å²) in [5, 5.41) is 13.1. The first-order chi connectivity index (χ1) is 12.1. The van der Waals surface area contributed by atoms with Crippen LogP contribution in [0, 0.1) is 27.8 Å². The molecule has 25 heavy (non-hydrogen) atoms. The van der Waals surface area contributed by atoms with Crippen molar-refractivity contribution in [2.75, 3.05) is 6.54 Å². The topological polar surface area (TPSA) is 81.5 Å². The highest BCUT2D eigenvalue weighted by Crippen LogP contribution is 2.17. The maximum atomic E-state index is 13.4. The van der Waals surface area contributed by atoms with Crippen molar-refractivity contribution >= 4 is 11.8 Å². The van der Waals surface area contributed by atoms with Gasteiger partial charge < -0.3 is 10.1 Å². The van der Waals surface area contributed by atoms with Crippen LogP contribution in [-0.4, -0.2) is 17.6 Å². The molecule has 2 rings (SSSR count). The van der Waals surface area contributed by atoms with E-state index in [9.17, 15) is 19.3 Å². The van der Waals surface area contributed by atoms with Gasteiger partial charge in [0.15, 0.2) is 0 Å². The van der Waals surface area contributed by atoms with Crippen molar-refractivity contribution in [3.63, 3.8) is 0 Å². The number of amides is 1. The molecule has 0 unspecified atom stereocenters. The lowest BCUT2D eigenvalue weighted by molar-refractivity contribution is -0.387. The minimum atomic E-state index is -0.931. The number of nitrogens with one attached hydrogen (secondary N) is 1. The number of ether oxygens (including phenoxy) is 1. The molecular formula is C18H15FN2O4. The minimum Gasteiger partial charge on any atom is -0.445 e. The number of carbonyl (C=O) groups excluding carboxylic acids is 1. The summed E-state index contributed by atoms with van der Waals surface area (Å²) in [6.45, 7) is 0.455. The zero-order chi connectivity index (χ0) is 18.1. The Balaban J connectivity index is 1.72. The lowest BCUT2D eigenvalue weighted by Crippen LogP contribution is -2.24. The fourth-order valence-electron chi connectivity index (χ4n) is 1.90. The lowest BCUT2D eigenvalue weighted by atomic mass is 10.2. The first-order valence-corrected chi connectivity index (χ1v) is 7.43. The largest absolute Gasteiger partial charge is 0.445 e. The number of nitrogens with zero attached hydrogens (tertiary/aromatic N) is 1. The number of alkyl carbamates (subject to hydrolysis) is 1. The van der Waals surface area contributed by atoms with Gasteiger partial charge >= 0.3 is 11.8 Å². The summed E-state index contributed by atoms with van der Waals surface area (Å²) in [4.78, 5) is 21.2. The predicted octanol–water partition coefficient (Wildman–Crippen LogP) is 3.40. The molecule has 0 bridgehead atoms. The van der Waals surface area contributed by atoms with Crippen molar-refractivity contribution < 1.29 is 18.8 Å². The molecule has 0 fully saturated rings. The van der Waals surface area contributed by atoms with Crippen molar-refractivity contribution in [2.24, 2.45) is 0 Å². The average molecular weight is 342 g/mol. The van der Waals surface area contributed by atoms with Gasteiger partial charge in [-0.15, -0.1) is 0 Å². The molecule has 1 amide bonds. The van der Waals surface area contributed by atoms with Crippen molar-refractivity contribution in [3.05, 3.63) is 75.6 Å². The van der Waals surface area contributed by atoms with Crippen LogP contribution in [0.4, 0.5) is 14.9 Å². The average Bonchev–Trinajstić information content (AvgIpc) is 2.60. The summed E-state index contributed by atoms with van der Waals surface area (Å²) in [6, 6.07) is 12.7. The van der Waals surface area contributed by atoms with E-state index in [0.29, 0.717) is 12.0 Å². The zero-order valence-corrected chi connectivity index (χ0v) is 13.2. The van der Waals surface area contributed by atoms with Crippen LogP contribution in [0.25, 0.3) is 0 Å². The predicted molar refractivity (Wildman–Crippen MR) is 89.2 cm³/mol. The Hall–Kier alpha value is -3.40. The van der Waals surface area contributed by atoms with E-state index in [-0.39, 0.29) is 13.2 Å². The summed E-state index contributed by atoms with van der Waals surface area (Å²) in [5.74, 6) is 4.50. The van der Waals surface area contributed by atoms with E-state index in [2.05, 4.69) is 17.2 Å². The van der Waals surface area contributed by atoms with Gasteiger partial charge in [-0.05, 0) is 17.7 Å². The molecule has 0 spiro atoms. The van der Waals surface area contributed by atoms with Crippen LogP contribution in [0.3, 0.4) is 0 Å². The summed E-state index contributed by atoms with van der Waals surface area (Å²) in [5.41, 5.74) is 0.626. The first-order valence-electron chi connectivity index (χ1n) is 7.43. The van der Waals surface area contributed by atoms with Gasteiger partial charge in [0, 0.05) is 24.6 Å². The van der Waals surface area contributed by atoms with Gasteiger partial charge in [-0.25, -0.2) is 4.79 Å². The normalized spacial score (nSPS) is 9.64. The first kappa shape index (κ1) is 17.9. The second-order valence-electron chi connectivity index (χ2n) is 4.96. The number of hydrogen-bond donors (Lipinski definition) is 1. The second kappa shape index (κ2) is 9.03. The molecule has 0 atom stereocenters. The molecule has 128 valence electrons. The number of carbonyl (C=O) groups is 1. The molecule has 1 N–H and O–H groups in total. The highest BCUT2D eigenvalue weighted by molar-refractivity contribution is 5.67. The maximum Gasteiger partial charge on any atom is 0.407 e. The van der Waals surface area contributed by atoms with Crippen LogP contribution in [-0.2, 0) is 11.3 Å². The van der Waals surface area contributed by atoms with Gasteiger partial charge in [0.25, 0.3) is 0 Å². The number of hydrogen-bond acceptors (Lipinski definition) is 4. The highest BCUT2D eigenvalue weighted by atomic mass is 19.1. The van der Waals surface area contributed by atoms with Crippen LogP contribution < -0.4 is 5.32 Å². The van der Waals surface area contributed by atoms with Crippen LogP contribution in [0.5, 0.6) is 0 Å². The standard InChI is InChI=1S/C18H15FN2O4/c19-16-12-14(9-10-17(16)21(23)24)6-4-5-11-20-18(22)25-13-15-7-2-1-3-8-15/h1-3,7-10,12H,5,11,13H2,(H,20,22). The Bertz CT molecular complexity index is 813. The molecule has 6 nitrogen and oxygen atoms in total. The van der Waals surface area contributed by atoms with Crippen molar-refractivity contribution in [3.8, 4) is 11.8 Å². The fraction of sp³-hybridized carbons (Fsp3) is 0.167. The third kappa shape index (κ3) is 5.95.